The zero-order valence-corrected chi connectivity index (χ0v) is 24.7. The molecular weight excluding hydrogens is 552 g/mol. The van der Waals surface area contributed by atoms with Gasteiger partial charge in [-0.25, -0.2) is 0 Å². The molecule has 3 aliphatic carbocycles. The molecule has 0 spiro atoms. The van der Waals surface area contributed by atoms with Gasteiger partial charge in [-0.3, -0.25) is 19.3 Å². The van der Waals surface area contributed by atoms with E-state index in [4.69, 9.17) is 5.73 Å². The van der Waals surface area contributed by atoms with Gasteiger partial charge >= 0.3 is 0 Å². The maximum atomic E-state index is 14.1. The third-order valence-corrected chi connectivity index (χ3v) is 9.01. The number of phenolic OH excluding ortho intramolecular Hbond substituents is 1. The fourth-order valence-corrected chi connectivity index (χ4v) is 6.98. The van der Waals surface area contributed by atoms with Crippen molar-refractivity contribution in [1.29, 1.82) is 0 Å². The monoisotopic (exact) mass is 590 g/mol. The van der Waals surface area contributed by atoms with Crippen LogP contribution in [-0.2, 0) is 33.8 Å². The Kier molecular flexibility index (Phi) is 7.84. The number of amides is 1. The van der Waals surface area contributed by atoms with Gasteiger partial charge in [0.2, 0.25) is 5.78 Å². The summed E-state index contributed by atoms with van der Waals surface area (Å²) in [4.78, 5) is 42.9. The number of aliphatic hydroxyl groups excluding tert-OH is 2. The van der Waals surface area contributed by atoms with Crippen LogP contribution in [0, 0.1) is 11.8 Å². The molecule has 1 saturated carbocycles. The Morgan fingerprint density at radius 2 is 1.77 bits per heavy atom. The van der Waals surface area contributed by atoms with Crippen LogP contribution in [-0.4, -0.2) is 89.2 Å². The summed E-state index contributed by atoms with van der Waals surface area (Å²) in [6.07, 6.45) is 1.05. The molecule has 5 rings (SSSR count). The Morgan fingerprint density at radius 1 is 1.09 bits per heavy atom. The topological polar surface area (TPSA) is 177 Å². The lowest BCUT2D eigenvalue weighted by Gasteiger charge is -2.50. The van der Waals surface area contributed by atoms with Gasteiger partial charge in [0.15, 0.2) is 11.4 Å². The van der Waals surface area contributed by atoms with Crippen LogP contribution in [0.3, 0.4) is 0 Å². The molecular formula is C32H38N4O7. The van der Waals surface area contributed by atoms with E-state index in [1.165, 1.54) is 4.90 Å². The predicted octanol–water partition coefficient (Wildman–Crippen LogP) is 1.36. The summed E-state index contributed by atoms with van der Waals surface area (Å²) >= 11 is 0. The zero-order valence-electron chi connectivity index (χ0n) is 24.7. The summed E-state index contributed by atoms with van der Waals surface area (Å²) in [7, 11) is 6.84. The molecule has 0 aromatic heterocycles. The molecule has 0 radical (unpaired) electrons. The minimum atomic E-state index is -2.67. The average molecular weight is 591 g/mol. The van der Waals surface area contributed by atoms with Crippen molar-refractivity contribution in [3.05, 3.63) is 75.6 Å². The fourth-order valence-electron chi connectivity index (χ4n) is 6.98. The van der Waals surface area contributed by atoms with E-state index in [0.29, 0.717) is 17.7 Å². The van der Waals surface area contributed by atoms with Crippen LogP contribution in [0.2, 0.25) is 0 Å². The van der Waals surface area contributed by atoms with Gasteiger partial charge in [-0.15, -0.1) is 0 Å². The van der Waals surface area contributed by atoms with Crippen molar-refractivity contribution in [2.75, 3.05) is 39.6 Å². The molecule has 0 aliphatic heterocycles. The quantitative estimate of drug-likeness (QED) is 0.194. The number of rotatable bonds is 8. The Labute approximate surface area is 249 Å². The van der Waals surface area contributed by atoms with Gasteiger partial charge in [-0.05, 0) is 63.0 Å². The second kappa shape index (κ2) is 11.1. The van der Waals surface area contributed by atoms with Crippen molar-refractivity contribution in [2.24, 2.45) is 17.6 Å². The van der Waals surface area contributed by atoms with Crippen molar-refractivity contribution in [3.8, 4) is 5.75 Å². The average Bonchev–Trinajstić information content (AvgIpc) is 2.94. The summed E-state index contributed by atoms with van der Waals surface area (Å²) < 4.78 is 0. The minimum absolute atomic E-state index is 0.0438. The van der Waals surface area contributed by atoms with Gasteiger partial charge in [0.1, 0.15) is 22.8 Å². The van der Waals surface area contributed by atoms with Crippen LogP contribution in [0.5, 0.6) is 5.75 Å². The van der Waals surface area contributed by atoms with Gasteiger partial charge in [0.25, 0.3) is 5.91 Å². The summed E-state index contributed by atoms with van der Waals surface area (Å²) in [6, 6.07) is 10.7. The molecule has 0 bridgehead atoms. The van der Waals surface area contributed by atoms with Gasteiger partial charge in [-0.1, -0.05) is 30.3 Å². The second-order valence-corrected chi connectivity index (χ2v) is 12.0. The van der Waals surface area contributed by atoms with Gasteiger partial charge in [-0.2, -0.15) is 0 Å². The third-order valence-electron chi connectivity index (χ3n) is 9.01. The standard InChI is InChI=1S/C32H38N4O7/c1-35(2)21-14-18(15-34-11-10-16-8-6-5-7-9-16)26(37)23-19(21)12-17-13-20-25(36(3)4)28(39)24(31(33)42)30(41)32(20,43)29(40)22(17)27(23)38/h5-9,14,17,20,25,34,37-38,41,43H,10-13,15H2,1-4H3,(H2,33,42)/t17?,20?,25?,32-/m0/s1. The number of fused-ring (bicyclic) bond motifs is 3. The number of carbonyl (C=O) groups excluding carboxylic acids is 3. The molecule has 7 N–H and O–H groups in total. The Bertz CT molecular complexity index is 1560. The summed E-state index contributed by atoms with van der Waals surface area (Å²) in [5.41, 5.74) is 4.87. The van der Waals surface area contributed by atoms with E-state index in [0.717, 1.165) is 17.7 Å². The van der Waals surface area contributed by atoms with Gasteiger partial charge in [0.05, 0.1) is 11.6 Å². The predicted molar refractivity (Wildman–Crippen MR) is 160 cm³/mol. The van der Waals surface area contributed by atoms with Gasteiger partial charge < -0.3 is 36.4 Å². The molecule has 1 fully saturated rings. The van der Waals surface area contributed by atoms with Crippen molar-refractivity contribution in [2.45, 2.75) is 37.5 Å². The SMILES string of the molecule is CN(C)c1cc(CNCCc2ccccc2)c(O)c2c1CC1CC3C(N(C)C)C(=O)C(C(N)=O)=C(O)[C@@]3(O)C(=O)C1=C2O. The molecule has 43 heavy (non-hydrogen) atoms. The van der Waals surface area contributed by atoms with Gasteiger partial charge in [0, 0.05) is 43.4 Å². The first-order valence-corrected chi connectivity index (χ1v) is 14.2. The van der Waals surface area contributed by atoms with E-state index < -0.39 is 58.0 Å². The number of hydrogen-bond donors (Lipinski definition) is 6. The summed E-state index contributed by atoms with van der Waals surface area (Å²) in [5.74, 6) is -6.60. The molecule has 11 nitrogen and oxygen atoms in total. The van der Waals surface area contributed by atoms with Crippen LogP contribution < -0.4 is 16.0 Å². The highest BCUT2D eigenvalue weighted by molar-refractivity contribution is 6.24. The Hall–Kier alpha value is -4.19. The van der Waals surface area contributed by atoms with Crippen LogP contribution in [0.1, 0.15) is 28.7 Å². The number of aromatic hydroxyl groups is 1. The highest BCUT2D eigenvalue weighted by Crippen LogP contribution is 2.54. The van der Waals surface area contributed by atoms with E-state index in [1.54, 1.807) is 14.1 Å². The van der Waals surface area contributed by atoms with Crippen molar-refractivity contribution in [1.82, 2.24) is 10.2 Å². The summed E-state index contributed by atoms with van der Waals surface area (Å²) in [6.45, 7) is 0.927. The molecule has 2 aromatic carbocycles. The van der Waals surface area contributed by atoms with E-state index in [1.807, 2.05) is 55.4 Å². The first-order chi connectivity index (χ1) is 20.3. The number of phenols is 1. The number of ketones is 2. The van der Waals surface area contributed by atoms with Crippen LogP contribution >= 0.6 is 0 Å². The maximum Gasteiger partial charge on any atom is 0.255 e. The second-order valence-electron chi connectivity index (χ2n) is 12.0. The Balaban J connectivity index is 1.58. The van der Waals surface area contributed by atoms with E-state index >= 15 is 0 Å². The van der Waals surface area contributed by atoms with Crippen LogP contribution in [0.25, 0.3) is 5.76 Å². The lowest BCUT2D eigenvalue weighted by atomic mass is 9.57. The van der Waals surface area contributed by atoms with Crippen molar-refractivity contribution in [3.63, 3.8) is 0 Å². The number of likely N-dealkylation sites (N-methyl/N-ethyl adjacent to an activating group) is 1. The molecule has 0 heterocycles. The zero-order chi connectivity index (χ0) is 31.4. The smallest absolute Gasteiger partial charge is 0.255 e. The number of anilines is 1. The summed E-state index contributed by atoms with van der Waals surface area (Å²) in [5, 5.41) is 49.2. The molecule has 3 unspecified atom stereocenters. The van der Waals surface area contributed by atoms with E-state index in [9.17, 15) is 34.8 Å². The van der Waals surface area contributed by atoms with Crippen molar-refractivity contribution < 1.29 is 34.8 Å². The number of benzene rings is 2. The fraction of sp³-hybridized carbons (Fsp3) is 0.406. The highest BCUT2D eigenvalue weighted by Gasteiger charge is 2.64. The maximum absolute atomic E-state index is 14.1. The number of carbonyl (C=O) groups is 3. The largest absolute Gasteiger partial charge is 0.508 e. The molecule has 4 atom stereocenters. The highest BCUT2D eigenvalue weighted by atomic mass is 16.3. The number of aliphatic hydroxyl groups is 3. The molecule has 3 aliphatic rings. The minimum Gasteiger partial charge on any atom is -0.508 e. The molecule has 2 aromatic rings. The lowest BCUT2D eigenvalue weighted by Crippen LogP contribution is -2.65. The van der Waals surface area contributed by atoms with E-state index in [-0.39, 0.29) is 36.3 Å². The van der Waals surface area contributed by atoms with Crippen LogP contribution in [0.15, 0.2) is 53.3 Å². The first-order valence-electron chi connectivity index (χ1n) is 14.2. The normalized spacial score (nSPS) is 25.0. The molecule has 0 saturated heterocycles. The number of primary amides is 1. The number of nitrogens with two attached hydrogens (primary N) is 1. The lowest BCUT2D eigenvalue weighted by molar-refractivity contribution is -0.153. The van der Waals surface area contributed by atoms with E-state index in [2.05, 4.69) is 5.32 Å². The Morgan fingerprint density at radius 3 is 2.37 bits per heavy atom. The number of Topliss-reactive ketones (excluding diaryl/α,β-unsaturated/α-hetero) is 2. The molecule has 11 heteroatoms. The molecule has 228 valence electrons. The third kappa shape index (κ3) is 4.77. The first kappa shape index (κ1) is 30.3. The number of nitrogens with zero attached hydrogens (tertiary/aromatic N) is 2. The number of nitrogens with one attached hydrogen (secondary N) is 1. The van der Waals surface area contributed by atoms with Crippen LogP contribution in [0.4, 0.5) is 5.69 Å². The molecule has 1 amide bonds. The van der Waals surface area contributed by atoms with Crippen molar-refractivity contribution >= 4 is 28.9 Å². The number of hydrogen-bond acceptors (Lipinski definition) is 10.